The number of ether oxygens (including phenoxy) is 1. The molecule has 0 aromatic heterocycles. The Morgan fingerprint density at radius 1 is 1.57 bits per heavy atom. The number of nitrogens with one attached hydrogen (secondary N) is 1. The quantitative estimate of drug-likeness (QED) is 0.542. The molecule has 0 saturated carbocycles. The number of hydrogen-bond donors (Lipinski definition) is 1. The highest BCUT2D eigenvalue weighted by molar-refractivity contribution is 5.70. The molecule has 0 radical (unpaired) electrons. The van der Waals surface area contributed by atoms with Crippen LogP contribution in [0.2, 0.25) is 0 Å². The van der Waals surface area contributed by atoms with E-state index in [1.54, 1.807) is 6.08 Å². The summed E-state index contributed by atoms with van der Waals surface area (Å²) in [5, 5.41) is 3.13. The molecule has 0 saturated heterocycles. The van der Waals surface area contributed by atoms with Crippen molar-refractivity contribution in [3.63, 3.8) is 0 Å². The first kappa shape index (κ1) is 13.2. The number of rotatable bonds is 5. The summed E-state index contributed by atoms with van der Waals surface area (Å²) in [6.45, 7) is 11.9. The maximum Gasteiger partial charge on any atom is 0.307 e. The second-order valence-electron chi connectivity index (χ2n) is 4.39. The lowest BCUT2D eigenvalue weighted by Crippen LogP contribution is -2.32. The lowest BCUT2D eigenvalue weighted by Gasteiger charge is -2.21. The van der Waals surface area contributed by atoms with Crippen molar-refractivity contribution in [2.75, 3.05) is 6.54 Å². The van der Waals surface area contributed by atoms with Crippen molar-refractivity contribution < 1.29 is 9.53 Å². The minimum absolute atomic E-state index is 0.128. The molecule has 0 rings (SSSR count). The van der Waals surface area contributed by atoms with Crippen molar-refractivity contribution in [2.45, 2.75) is 45.8 Å². The van der Waals surface area contributed by atoms with Gasteiger partial charge in [0.15, 0.2) is 0 Å². The largest absolute Gasteiger partial charge is 0.460 e. The van der Waals surface area contributed by atoms with Crippen LogP contribution in [0.4, 0.5) is 0 Å². The highest BCUT2D eigenvalue weighted by atomic mass is 16.6. The Hall–Kier alpha value is -0.830. The van der Waals surface area contributed by atoms with Crippen LogP contribution in [0.1, 0.15) is 34.1 Å². The van der Waals surface area contributed by atoms with Gasteiger partial charge in [-0.1, -0.05) is 6.08 Å². The van der Waals surface area contributed by atoms with Gasteiger partial charge in [0.2, 0.25) is 0 Å². The summed E-state index contributed by atoms with van der Waals surface area (Å²) in [6, 6.07) is 0.128. The minimum atomic E-state index is -0.394. The molecule has 0 aliphatic heterocycles. The molecule has 0 amide bonds. The second kappa shape index (κ2) is 5.81. The van der Waals surface area contributed by atoms with Crippen LogP contribution in [0, 0.1) is 0 Å². The molecule has 1 atom stereocenters. The van der Waals surface area contributed by atoms with Gasteiger partial charge in [-0.2, -0.15) is 0 Å². The van der Waals surface area contributed by atoms with Crippen LogP contribution in [0.3, 0.4) is 0 Å². The molecule has 0 unspecified atom stereocenters. The van der Waals surface area contributed by atoms with Crippen molar-refractivity contribution in [3.8, 4) is 0 Å². The Balaban J connectivity index is 3.76. The smallest absolute Gasteiger partial charge is 0.307 e. The number of carbonyl (C=O) groups excluding carboxylic acids is 1. The minimum Gasteiger partial charge on any atom is -0.460 e. The van der Waals surface area contributed by atoms with E-state index in [4.69, 9.17) is 4.74 Å². The van der Waals surface area contributed by atoms with E-state index >= 15 is 0 Å². The molecule has 0 aromatic rings. The zero-order valence-corrected chi connectivity index (χ0v) is 9.59. The van der Waals surface area contributed by atoms with E-state index in [2.05, 4.69) is 11.9 Å². The molecule has 3 heteroatoms. The second-order valence-corrected chi connectivity index (χ2v) is 4.39. The van der Waals surface area contributed by atoms with Crippen LogP contribution < -0.4 is 5.32 Å². The Labute approximate surface area is 86.5 Å². The Kier molecular flexibility index (Phi) is 5.46. The fraction of sp³-hybridized carbons (Fsp3) is 0.727. The molecule has 14 heavy (non-hydrogen) atoms. The molecule has 0 fully saturated rings. The molecule has 0 bridgehead atoms. The summed E-state index contributed by atoms with van der Waals surface area (Å²) in [4.78, 5) is 11.3. The van der Waals surface area contributed by atoms with Crippen LogP contribution in [-0.2, 0) is 9.53 Å². The fourth-order valence-corrected chi connectivity index (χ4v) is 0.990. The van der Waals surface area contributed by atoms with Gasteiger partial charge in [0.05, 0.1) is 6.42 Å². The van der Waals surface area contributed by atoms with Crippen LogP contribution in [0.5, 0.6) is 0 Å². The van der Waals surface area contributed by atoms with Gasteiger partial charge in [-0.05, 0) is 27.7 Å². The molecule has 0 aliphatic carbocycles. The zero-order valence-electron chi connectivity index (χ0n) is 9.59. The lowest BCUT2D eigenvalue weighted by molar-refractivity contribution is -0.155. The fourth-order valence-electron chi connectivity index (χ4n) is 0.990. The first-order valence-electron chi connectivity index (χ1n) is 4.91. The standard InChI is InChI=1S/C11H21NO2/c1-6-7-12-9(2)8-10(13)14-11(3,4)5/h6,9,12H,1,7-8H2,2-5H3/t9-/m0/s1. The molecule has 0 aromatic carbocycles. The molecule has 0 aliphatic rings. The number of hydrogen-bond acceptors (Lipinski definition) is 3. The third-order valence-electron chi connectivity index (χ3n) is 1.50. The Morgan fingerprint density at radius 2 is 2.14 bits per heavy atom. The van der Waals surface area contributed by atoms with Crippen molar-refractivity contribution >= 4 is 5.97 Å². The topological polar surface area (TPSA) is 38.3 Å². The van der Waals surface area contributed by atoms with Gasteiger partial charge in [0.25, 0.3) is 0 Å². The van der Waals surface area contributed by atoms with Crippen molar-refractivity contribution in [2.24, 2.45) is 0 Å². The van der Waals surface area contributed by atoms with Crippen LogP contribution in [0.25, 0.3) is 0 Å². The third-order valence-corrected chi connectivity index (χ3v) is 1.50. The van der Waals surface area contributed by atoms with E-state index in [0.29, 0.717) is 13.0 Å². The third kappa shape index (κ3) is 7.80. The van der Waals surface area contributed by atoms with Crippen LogP contribution in [0.15, 0.2) is 12.7 Å². The summed E-state index contributed by atoms with van der Waals surface area (Å²) in [6.07, 6.45) is 2.16. The van der Waals surface area contributed by atoms with Gasteiger partial charge in [0.1, 0.15) is 5.60 Å². The Morgan fingerprint density at radius 3 is 2.57 bits per heavy atom. The molecule has 1 N–H and O–H groups in total. The van der Waals surface area contributed by atoms with Crippen LogP contribution in [-0.4, -0.2) is 24.2 Å². The zero-order chi connectivity index (χ0) is 11.2. The van der Waals surface area contributed by atoms with E-state index in [0.717, 1.165) is 0 Å². The van der Waals surface area contributed by atoms with Gasteiger partial charge in [-0.15, -0.1) is 6.58 Å². The van der Waals surface area contributed by atoms with Gasteiger partial charge in [-0.3, -0.25) is 4.79 Å². The lowest BCUT2D eigenvalue weighted by atomic mass is 10.2. The first-order valence-corrected chi connectivity index (χ1v) is 4.91. The molecule has 0 heterocycles. The van der Waals surface area contributed by atoms with Crippen molar-refractivity contribution in [3.05, 3.63) is 12.7 Å². The summed E-state index contributed by atoms with van der Waals surface area (Å²) < 4.78 is 5.18. The average molecular weight is 199 g/mol. The van der Waals surface area contributed by atoms with Gasteiger partial charge >= 0.3 is 5.97 Å². The van der Waals surface area contributed by atoms with Gasteiger partial charge < -0.3 is 10.1 Å². The summed E-state index contributed by atoms with van der Waals surface area (Å²) >= 11 is 0. The van der Waals surface area contributed by atoms with E-state index in [-0.39, 0.29) is 12.0 Å². The van der Waals surface area contributed by atoms with Gasteiger partial charge in [-0.25, -0.2) is 0 Å². The summed E-state index contributed by atoms with van der Waals surface area (Å²) in [5.41, 5.74) is -0.394. The highest BCUT2D eigenvalue weighted by Crippen LogP contribution is 2.08. The number of esters is 1. The number of carbonyl (C=O) groups is 1. The highest BCUT2D eigenvalue weighted by Gasteiger charge is 2.17. The van der Waals surface area contributed by atoms with Crippen LogP contribution >= 0.6 is 0 Å². The predicted octanol–water partition coefficient (Wildman–Crippen LogP) is 1.88. The van der Waals surface area contributed by atoms with Gasteiger partial charge in [0, 0.05) is 12.6 Å². The van der Waals surface area contributed by atoms with E-state index in [9.17, 15) is 4.79 Å². The van der Waals surface area contributed by atoms with E-state index < -0.39 is 5.60 Å². The monoisotopic (exact) mass is 199 g/mol. The normalized spacial score (nSPS) is 13.4. The molecule has 3 nitrogen and oxygen atoms in total. The SMILES string of the molecule is C=CCN[C@@H](C)CC(=O)OC(C)(C)C. The molecular weight excluding hydrogens is 178 g/mol. The van der Waals surface area contributed by atoms with E-state index in [1.807, 2.05) is 27.7 Å². The predicted molar refractivity (Wildman–Crippen MR) is 58.1 cm³/mol. The average Bonchev–Trinajstić information content (AvgIpc) is 1.96. The Bertz CT molecular complexity index is 194. The molecule has 82 valence electrons. The first-order chi connectivity index (χ1) is 6.35. The van der Waals surface area contributed by atoms with E-state index in [1.165, 1.54) is 0 Å². The maximum atomic E-state index is 11.3. The molecule has 0 spiro atoms. The summed E-state index contributed by atoms with van der Waals surface area (Å²) in [5.74, 6) is -0.165. The summed E-state index contributed by atoms with van der Waals surface area (Å²) in [7, 11) is 0. The maximum absolute atomic E-state index is 11.3. The molecular formula is C11H21NO2. The van der Waals surface area contributed by atoms with Crippen molar-refractivity contribution in [1.29, 1.82) is 0 Å². The van der Waals surface area contributed by atoms with Crippen molar-refractivity contribution in [1.82, 2.24) is 5.32 Å².